The lowest BCUT2D eigenvalue weighted by molar-refractivity contribution is -0.126. The zero-order valence-electron chi connectivity index (χ0n) is 17.2. The van der Waals surface area contributed by atoms with Crippen molar-refractivity contribution in [1.29, 1.82) is 0 Å². The molecule has 0 bridgehead atoms. The molecule has 2 aromatic carbocycles. The first-order valence-electron chi connectivity index (χ1n) is 9.95. The maximum atomic E-state index is 12.8. The Morgan fingerprint density at radius 3 is 2.37 bits per heavy atom. The summed E-state index contributed by atoms with van der Waals surface area (Å²) in [5, 5.41) is 5.85. The second-order valence-corrected chi connectivity index (χ2v) is 9.67. The maximum absolute atomic E-state index is 12.8. The number of sulfone groups is 1. The number of hydrogen-bond acceptors (Lipinski definition) is 4. The molecule has 0 radical (unpaired) electrons. The van der Waals surface area contributed by atoms with Crippen LogP contribution in [0.25, 0.3) is 0 Å². The fourth-order valence-electron chi connectivity index (χ4n) is 3.52. The normalized spacial score (nSPS) is 17.8. The molecule has 2 aromatic rings. The fourth-order valence-corrected chi connectivity index (χ4v) is 4.15. The third-order valence-electron chi connectivity index (χ3n) is 5.27. The lowest BCUT2D eigenvalue weighted by Gasteiger charge is -2.32. The van der Waals surface area contributed by atoms with E-state index in [0.29, 0.717) is 13.1 Å². The highest BCUT2D eigenvalue weighted by Crippen LogP contribution is 2.21. The molecule has 7 nitrogen and oxygen atoms in total. The number of nitrogens with zero attached hydrogens (tertiary/aromatic N) is 1. The summed E-state index contributed by atoms with van der Waals surface area (Å²) < 4.78 is 23.2. The Morgan fingerprint density at radius 1 is 1.07 bits per heavy atom. The molecule has 0 aliphatic carbocycles. The first kappa shape index (κ1) is 21.8. The molecular formula is C22H27N3O4S. The summed E-state index contributed by atoms with van der Waals surface area (Å²) in [6, 6.07) is 15.3. The van der Waals surface area contributed by atoms with E-state index in [1.54, 1.807) is 29.2 Å². The van der Waals surface area contributed by atoms with Gasteiger partial charge in [0.15, 0.2) is 9.84 Å². The Hall–Kier alpha value is -2.87. The predicted octanol–water partition coefficient (Wildman–Crippen LogP) is 3.21. The van der Waals surface area contributed by atoms with Crippen LogP contribution < -0.4 is 10.6 Å². The quantitative estimate of drug-likeness (QED) is 0.763. The van der Waals surface area contributed by atoms with Crippen molar-refractivity contribution >= 4 is 27.5 Å². The summed E-state index contributed by atoms with van der Waals surface area (Å²) in [6.07, 6.45) is 2.65. The minimum Gasteiger partial charge on any atom is -0.349 e. The van der Waals surface area contributed by atoms with Crippen LogP contribution in [0.3, 0.4) is 0 Å². The van der Waals surface area contributed by atoms with Gasteiger partial charge in [0, 0.05) is 25.0 Å². The number of benzene rings is 2. The molecule has 0 saturated carbocycles. The second kappa shape index (κ2) is 9.30. The Morgan fingerprint density at radius 2 is 1.73 bits per heavy atom. The number of urea groups is 1. The third kappa shape index (κ3) is 5.60. The number of anilines is 1. The van der Waals surface area contributed by atoms with E-state index in [1.807, 2.05) is 37.3 Å². The summed E-state index contributed by atoms with van der Waals surface area (Å²) >= 11 is 0. The number of rotatable bonds is 5. The van der Waals surface area contributed by atoms with Crippen LogP contribution in [-0.2, 0) is 14.6 Å². The number of nitrogens with one attached hydrogen (secondary N) is 2. The Balaban J connectivity index is 1.57. The van der Waals surface area contributed by atoms with E-state index >= 15 is 0 Å². The largest absolute Gasteiger partial charge is 0.349 e. The average molecular weight is 430 g/mol. The second-order valence-electron chi connectivity index (χ2n) is 7.65. The van der Waals surface area contributed by atoms with Gasteiger partial charge in [-0.2, -0.15) is 0 Å². The van der Waals surface area contributed by atoms with Crippen LogP contribution in [0.2, 0.25) is 0 Å². The number of carbonyl (C=O) groups excluding carboxylic acids is 2. The van der Waals surface area contributed by atoms with E-state index in [9.17, 15) is 18.0 Å². The number of carbonyl (C=O) groups is 2. The lowest BCUT2D eigenvalue weighted by Crippen LogP contribution is -2.47. The van der Waals surface area contributed by atoms with Crippen molar-refractivity contribution < 1.29 is 18.0 Å². The van der Waals surface area contributed by atoms with Crippen LogP contribution in [0.15, 0.2) is 59.5 Å². The van der Waals surface area contributed by atoms with Crippen molar-refractivity contribution in [3.8, 4) is 0 Å². The smallest absolute Gasteiger partial charge is 0.321 e. The van der Waals surface area contributed by atoms with E-state index in [4.69, 9.17) is 0 Å². The minimum absolute atomic E-state index is 0.105. The Labute approximate surface area is 177 Å². The molecule has 3 amide bonds. The van der Waals surface area contributed by atoms with Crippen molar-refractivity contribution in [1.82, 2.24) is 10.2 Å². The summed E-state index contributed by atoms with van der Waals surface area (Å²) in [6.45, 7) is 2.84. The maximum Gasteiger partial charge on any atom is 0.321 e. The number of hydrogen-bond donors (Lipinski definition) is 2. The van der Waals surface area contributed by atoms with Gasteiger partial charge in [-0.25, -0.2) is 13.2 Å². The van der Waals surface area contributed by atoms with Crippen LogP contribution in [0.4, 0.5) is 10.5 Å². The van der Waals surface area contributed by atoms with Gasteiger partial charge >= 0.3 is 6.03 Å². The minimum atomic E-state index is -3.25. The highest BCUT2D eigenvalue weighted by Gasteiger charge is 2.29. The van der Waals surface area contributed by atoms with Crippen LogP contribution >= 0.6 is 0 Å². The average Bonchev–Trinajstić information content (AvgIpc) is 2.74. The topological polar surface area (TPSA) is 95.6 Å². The number of para-hydroxylation sites is 1. The third-order valence-corrected chi connectivity index (χ3v) is 6.40. The van der Waals surface area contributed by atoms with Crippen molar-refractivity contribution in [3.63, 3.8) is 0 Å². The molecular weight excluding hydrogens is 402 g/mol. The standard InChI is InChI=1S/C22H27N3O4S/c1-16(17-10-12-20(13-11-17)30(2,28)29)23-21(26)18-7-6-14-25(15-18)22(27)24-19-8-4-3-5-9-19/h3-5,8-13,16,18H,6-7,14-15H2,1-2H3,(H,23,26)(H,24,27). The zero-order valence-corrected chi connectivity index (χ0v) is 18.0. The van der Waals surface area contributed by atoms with Gasteiger partial charge in [0.1, 0.15) is 0 Å². The molecule has 1 aliphatic rings. The van der Waals surface area contributed by atoms with Gasteiger partial charge in [-0.05, 0) is 49.6 Å². The molecule has 30 heavy (non-hydrogen) atoms. The van der Waals surface area contributed by atoms with Gasteiger partial charge in [-0.3, -0.25) is 4.79 Å². The van der Waals surface area contributed by atoms with Gasteiger partial charge in [-0.1, -0.05) is 30.3 Å². The zero-order chi connectivity index (χ0) is 21.7. The van der Waals surface area contributed by atoms with E-state index in [1.165, 1.54) is 0 Å². The fraction of sp³-hybridized carbons (Fsp3) is 0.364. The van der Waals surface area contributed by atoms with Gasteiger partial charge in [0.05, 0.1) is 16.9 Å². The van der Waals surface area contributed by atoms with Crippen LogP contribution in [0.1, 0.15) is 31.4 Å². The molecule has 1 heterocycles. The van der Waals surface area contributed by atoms with Crippen molar-refractivity contribution in [3.05, 3.63) is 60.2 Å². The predicted molar refractivity (Wildman–Crippen MR) is 116 cm³/mol. The number of amides is 3. The molecule has 0 spiro atoms. The molecule has 160 valence electrons. The monoisotopic (exact) mass is 429 g/mol. The lowest BCUT2D eigenvalue weighted by atomic mass is 9.96. The molecule has 0 aromatic heterocycles. The molecule has 1 aliphatic heterocycles. The molecule has 2 atom stereocenters. The van der Waals surface area contributed by atoms with Crippen LogP contribution in [0.5, 0.6) is 0 Å². The molecule has 1 saturated heterocycles. The Bertz CT molecular complexity index is 991. The SMILES string of the molecule is CC(NC(=O)C1CCCN(C(=O)Nc2ccccc2)C1)c1ccc(S(C)(=O)=O)cc1. The molecule has 8 heteroatoms. The molecule has 1 fully saturated rings. The summed E-state index contributed by atoms with van der Waals surface area (Å²) in [5.74, 6) is -0.384. The highest BCUT2D eigenvalue weighted by atomic mass is 32.2. The van der Waals surface area contributed by atoms with Crippen molar-refractivity contribution in [2.24, 2.45) is 5.92 Å². The van der Waals surface area contributed by atoms with Gasteiger partial charge in [0.25, 0.3) is 0 Å². The molecule has 2 N–H and O–H groups in total. The van der Waals surface area contributed by atoms with E-state index in [-0.39, 0.29) is 28.8 Å². The van der Waals surface area contributed by atoms with Gasteiger partial charge < -0.3 is 15.5 Å². The summed E-state index contributed by atoms with van der Waals surface area (Å²) in [5.41, 5.74) is 1.55. The molecule has 2 unspecified atom stereocenters. The van der Waals surface area contributed by atoms with E-state index in [2.05, 4.69) is 10.6 Å². The van der Waals surface area contributed by atoms with E-state index < -0.39 is 9.84 Å². The van der Waals surface area contributed by atoms with Crippen LogP contribution in [0, 0.1) is 5.92 Å². The highest BCUT2D eigenvalue weighted by molar-refractivity contribution is 7.90. The van der Waals surface area contributed by atoms with Crippen molar-refractivity contribution in [2.75, 3.05) is 24.7 Å². The van der Waals surface area contributed by atoms with Gasteiger partial charge in [0.2, 0.25) is 5.91 Å². The van der Waals surface area contributed by atoms with Gasteiger partial charge in [-0.15, -0.1) is 0 Å². The molecule has 3 rings (SSSR count). The Kier molecular flexibility index (Phi) is 6.77. The van der Waals surface area contributed by atoms with Crippen molar-refractivity contribution in [2.45, 2.75) is 30.7 Å². The summed E-state index contributed by atoms with van der Waals surface area (Å²) in [7, 11) is -3.25. The first-order valence-corrected chi connectivity index (χ1v) is 11.8. The van der Waals surface area contributed by atoms with Crippen LogP contribution in [-0.4, -0.2) is 44.6 Å². The number of piperidine rings is 1. The van der Waals surface area contributed by atoms with E-state index in [0.717, 1.165) is 30.3 Å². The summed E-state index contributed by atoms with van der Waals surface area (Å²) in [4.78, 5) is 27.2. The first-order chi connectivity index (χ1) is 14.2. The number of likely N-dealkylation sites (tertiary alicyclic amines) is 1.